The van der Waals surface area contributed by atoms with Crippen LogP contribution >= 0.6 is 0 Å². The molecule has 2 atom stereocenters. The van der Waals surface area contributed by atoms with E-state index in [1.54, 1.807) is 0 Å². The molecule has 0 saturated heterocycles. The molecule has 0 fully saturated rings. The normalized spacial score (nSPS) is 14.1. The maximum atomic E-state index is 11.3. The Bertz CT molecular complexity index is 269. The maximum Gasteiger partial charge on any atom is 0.323 e. The summed E-state index contributed by atoms with van der Waals surface area (Å²) in [6.07, 6.45) is 1.36. The molecule has 0 aliphatic heterocycles. The van der Waals surface area contributed by atoms with Crippen molar-refractivity contribution in [2.24, 2.45) is 17.4 Å². The maximum absolute atomic E-state index is 11.3. The second kappa shape index (κ2) is 8.88. The van der Waals surface area contributed by atoms with Crippen molar-refractivity contribution >= 4 is 11.9 Å². The number of hydrogen-bond donors (Lipinski definition) is 2. The zero-order valence-corrected chi connectivity index (χ0v) is 11.2. The van der Waals surface area contributed by atoms with E-state index in [1.807, 2.05) is 20.8 Å². The van der Waals surface area contributed by atoms with E-state index in [4.69, 9.17) is 20.9 Å². The van der Waals surface area contributed by atoms with E-state index in [-0.39, 0.29) is 12.5 Å². The number of carbonyl (C=O) groups excluding carboxylic acids is 2. The summed E-state index contributed by atoms with van der Waals surface area (Å²) < 4.78 is 9.56. The summed E-state index contributed by atoms with van der Waals surface area (Å²) in [6.45, 7) is 6.55. The van der Waals surface area contributed by atoms with Crippen molar-refractivity contribution < 1.29 is 19.1 Å². The van der Waals surface area contributed by atoms with Gasteiger partial charge in [0.25, 0.3) is 0 Å². The van der Waals surface area contributed by atoms with Crippen LogP contribution in [0.2, 0.25) is 0 Å². The molecule has 0 aromatic heterocycles. The van der Waals surface area contributed by atoms with Crippen LogP contribution in [0.1, 0.15) is 33.6 Å². The van der Waals surface area contributed by atoms with Gasteiger partial charge in [0.05, 0.1) is 0 Å². The Morgan fingerprint density at radius 1 is 1.22 bits per heavy atom. The summed E-state index contributed by atoms with van der Waals surface area (Å²) in [4.78, 5) is 22.6. The number of nitrogens with two attached hydrogens (primary N) is 2. The van der Waals surface area contributed by atoms with Crippen molar-refractivity contribution in [2.75, 3.05) is 6.61 Å². The minimum atomic E-state index is -0.670. The number of carbonyl (C=O) groups is 2. The molecule has 4 N–H and O–H groups in total. The highest BCUT2D eigenvalue weighted by atomic mass is 16.6. The summed E-state index contributed by atoms with van der Waals surface area (Å²) in [7, 11) is 0. The molecule has 0 rings (SSSR count). The highest BCUT2D eigenvalue weighted by Gasteiger charge is 2.19. The standard InChI is InChI=1S/C12H23N2O4/c1-4-5-9(13)11(15)17-6-7-18-12(16)10(14)8(2)3/h6,8-10H,4-5,7,13-14H2,1-3H3/t9-,10-/m0/s1. The molecule has 0 aromatic rings. The van der Waals surface area contributed by atoms with Gasteiger partial charge in [0, 0.05) is 0 Å². The molecule has 0 bridgehead atoms. The van der Waals surface area contributed by atoms with Gasteiger partial charge >= 0.3 is 11.9 Å². The van der Waals surface area contributed by atoms with Gasteiger partial charge in [0.15, 0.2) is 6.61 Å². The van der Waals surface area contributed by atoms with Gasteiger partial charge in [-0.3, -0.25) is 9.59 Å². The van der Waals surface area contributed by atoms with E-state index in [2.05, 4.69) is 0 Å². The Hall–Kier alpha value is -1.14. The van der Waals surface area contributed by atoms with Crippen LogP contribution in [0.15, 0.2) is 0 Å². The van der Waals surface area contributed by atoms with Gasteiger partial charge in [-0.05, 0) is 12.3 Å². The fraction of sp³-hybridized carbons (Fsp3) is 0.750. The molecule has 6 nitrogen and oxygen atoms in total. The van der Waals surface area contributed by atoms with Gasteiger partial charge < -0.3 is 20.9 Å². The zero-order valence-electron chi connectivity index (χ0n) is 11.2. The quantitative estimate of drug-likeness (QED) is 0.481. The van der Waals surface area contributed by atoms with E-state index in [0.29, 0.717) is 6.42 Å². The van der Waals surface area contributed by atoms with Crippen molar-refractivity contribution in [3.8, 4) is 0 Å². The van der Waals surface area contributed by atoms with Gasteiger partial charge in [-0.1, -0.05) is 27.2 Å². The molecule has 0 amide bonds. The summed E-state index contributed by atoms with van der Waals surface area (Å²) in [5, 5.41) is 0. The first kappa shape index (κ1) is 16.9. The molecule has 0 heterocycles. The molecule has 6 heteroatoms. The lowest BCUT2D eigenvalue weighted by molar-refractivity contribution is -0.150. The average molecular weight is 259 g/mol. The molecule has 18 heavy (non-hydrogen) atoms. The van der Waals surface area contributed by atoms with Crippen LogP contribution in [-0.2, 0) is 19.1 Å². The third-order valence-electron chi connectivity index (χ3n) is 2.39. The monoisotopic (exact) mass is 259 g/mol. The van der Waals surface area contributed by atoms with Gasteiger partial charge in [-0.2, -0.15) is 0 Å². The Kier molecular flexibility index (Phi) is 8.32. The minimum absolute atomic E-state index is 0.00183. The Morgan fingerprint density at radius 3 is 2.33 bits per heavy atom. The Balaban J connectivity index is 3.74. The van der Waals surface area contributed by atoms with E-state index in [1.165, 1.54) is 0 Å². The number of ether oxygens (including phenoxy) is 2. The lowest BCUT2D eigenvalue weighted by Gasteiger charge is -2.14. The molecule has 0 unspecified atom stereocenters. The lowest BCUT2D eigenvalue weighted by atomic mass is 10.1. The van der Waals surface area contributed by atoms with Crippen LogP contribution in [0.3, 0.4) is 0 Å². The smallest absolute Gasteiger partial charge is 0.323 e. The lowest BCUT2D eigenvalue weighted by Crippen LogP contribution is -2.37. The van der Waals surface area contributed by atoms with E-state index < -0.39 is 24.0 Å². The largest absolute Gasteiger partial charge is 0.460 e. The van der Waals surface area contributed by atoms with Crippen LogP contribution in [0.25, 0.3) is 0 Å². The van der Waals surface area contributed by atoms with Crippen LogP contribution in [0, 0.1) is 12.5 Å². The molecular weight excluding hydrogens is 236 g/mol. The number of rotatable bonds is 8. The second-order valence-electron chi connectivity index (χ2n) is 4.40. The Labute approximate surface area is 108 Å². The van der Waals surface area contributed by atoms with Crippen molar-refractivity contribution in [3.05, 3.63) is 6.61 Å². The van der Waals surface area contributed by atoms with Crippen LogP contribution in [0.4, 0.5) is 0 Å². The zero-order chi connectivity index (χ0) is 14.1. The van der Waals surface area contributed by atoms with Crippen molar-refractivity contribution in [1.82, 2.24) is 0 Å². The molecular formula is C12H23N2O4. The van der Waals surface area contributed by atoms with Crippen molar-refractivity contribution in [2.45, 2.75) is 45.7 Å². The van der Waals surface area contributed by atoms with Gasteiger partial charge in [0.2, 0.25) is 0 Å². The molecule has 0 aromatic carbocycles. The Morgan fingerprint density at radius 2 is 1.83 bits per heavy atom. The number of hydrogen-bond acceptors (Lipinski definition) is 6. The van der Waals surface area contributed by atoms with Gasteiger partial charge in [0.1, 0.15) is 18.7 Å². The first-order valence-corrected chi connectivity index (χ1v) is 6.10. The first-order chi connectivity index (χ1) is 8.40. The second-order valence-corrected chi connectivity index (χ2v) is 4.40. The van der Waals surface area contributed by atoms with Gasteiger partial charge in [-0.15, -0.1) is 0 Å². The molecule has 0 spiro atoms. The minimum Gasteiger partial charge on any atom is -0.460 e. The average Bonchev–Trinajstić information content (AvgIpc) is 2.33. The van der Waals surface area contributed by atoms with Gasteiger partial charge in [-0.25, -0.2) is 0 Å². The fourth-order valence-electron chi connectivity index (χ4n) is 1.12. The van der Waals surface area contributed by atoms with E-state index in [9.17, 15) is 9.59 Å². The molecule has 1 radical (unpaired) electrons. The molecule has 0 aliphatic carbocycles. The summed E-state index contributed by atoms with van der Waals surface area (Å²) in [5.74, 6) is -1.05. The first-order valence-electron chi connectivity index (χ1n) is 6.10. The third kappa shape index (κ3) is 6.56. The van der Waals surface area contributed by atoms with Crippen molar-refractivity contribution in [3.63, 3.8) is 0 Å². The molecule has 105 valence electrons. The van der Waals surface area contributed by atoms with Crippen LogP contribution < -0.4 is 11.5 Å². The SMILES string of the molecule is CCC[C@H](N)C(=O)O[CH]COC(=O)[C@@H](N)C(C)C. The number of esters is 2. The fourth-order valence-corrected chi connectivity index (χ4v) is 1.12. The molecule has 0 aliphatic rings. The predicted octanol–water partition coefficient (Wildman–Crippen LogP) is 0.345. The van der Waals surface area contributed by atoms with Crippen molar-refractivity contribution in [1.29, 1.82) is 0 Å². The van der Waals surface area contributed by atoms with Crippen LogP contribution in [0.5, 0.6) is 0 Å². The summed E-state index contributed by atoms with van der Waals surface area (Å²) >= 11 is 0. The topological polar surface area (TPSA) is 105 Å². The van der Waals surface area contributed by atoms with E-state index >= 15 is 0 Å². The predicted molar refractivity (Wildman–Crippen MR) is 67.0 cm³/mol. The molecule has 0 saturated carbocycles. The van der Waals surface area contributed by atoms with Crippen LogP contribution in [-0.4, -0.2) is 30.6 Å². The summed E-state index contributed by atoms with van der Waals surface area (Å²) in [6, 6.07) is -1.31. The third-order valence-corrected chi connectivity index (χ3v) is 2.39. The highest BCUT2D eigenvalue weighted by molar-refractivity contribution is 5.76. The van der Waals surface area contributed by atoms with E-state index in [0.717, 1.165) is 13.0 Å². The highest BCUT2D eigenvalue weighted by Crippen LogP contribution is 2.02. The summed E-state index contributed by atoms with van der Waals surface area (Å²) in [5.41, 5.74) is 11.1.